The third-order valence-corrected chi connectivity index (χ3v) is 5.77. The highest BCUT2D eigenvalue weighted by Crippen LogP contribution is 2.35. The summed E-state index contributed by atoms with van der Waals surface area (Å²) in [5, 5.41) is 4.41. The normalized spacial score (nSPS) is 10.8. The molecule has 0 bridgehead atoms. The molecule has 0 aliphatic carbocycles. The zero-order valence-corrected chi connectivity index (χ0v) is 14.3. The molecule has 0 atom stereocenters. The maximum atomic E-state index is 12.3. The highest BCUT2D eigenvalue weighted by atomic mass is 35.5. The maximum absolute atomic E-state index is 12.3. The average Bonchev–Trinajstić information content (AvgIpc) is 2.90. The number of thiophene rings is 1. The van der Waals surface area contributed by atoms with Gasteiger partial charge in [0, 0.05) is 21.5 Å². The first-order chi connectivity index (χ1) is 10.7. The van der Waals surface area contributed by atoms with Crippen LogP contribution in [0.4, 0.5) is 0 Å². The molecular formula is C17H14ClNOS2. The van der Waals surface area contributed by atoms with E-state index in [1.807, 2.05) is 42.7 Å². The fraction of sp³-hybridized carbons (Fsp3) is 0.118. The summed E-state index contributed by atoms with van der Waals surface area (Å²) in [5.41, 5.74) is 1.07. The molecule has 112 valence electrons. The summed E-state index contributed by atoms with van der Waals surface area (Å²) in [5.74, 6) is -0.125. The monoisotopic (exact) mass is 347 g/mol. The Morgan fingerprint density at radius 2 is 1.91 bits per heavy atom. The summed E-state index contributed by atoms with van der Waals surface area (Å²) >= 11 is 9.45. The quantitative estimate of drug-likeness (QED) is 0.656. The van der Waals surface area contributed by atoms with Gasteiger partial charge in [-0.1, -0.05) is 41.9 Å². The van der Waals surface area contributed by atoms with Crippen LogP contribution in [0, 0.1) is 0 Å². The van der Waals surface area contributed by atoms with Crippen LogP contribution in [0.2, 0.25) is 5.02 Å². The van der Waals surface area contributed by atoms with Crippen LogP contribution >= 0.6 is 34.7 Å². The van der Waals surface area contributed by atoms with Crippen molar-refractivity contribution in [1.82, 2.24) is 5.32 Å². The Morgan fingerprint density at radius 3 is 2.59 bits per heavy atom. The lowest BCUT2D eigenvalue weighted by atomic mass is 10.2. The van der Waals surface area contributed by atoms with E-state index in [4.69, 9.17) is 11.6 Å². The first-order valence-corrected chi connectivity index (χ1v) is 9.19. The zero-order valence-electron chi connectivity index (χ0n) is 11.9. The Balaban J connectivity index is 1.74. The minimum atomic E-state index is -0.125. The number of benzene rings is 2. The summed E-state index contributed by atoms with van der Waals surface area (Å²) in [6, 6.07) is 15.9. The van der Waals surface area contributed by atoms with Crippen LogP contribution < -0.4 is 5.32 Å². The van der Waals surface area contributed by atoms with Crippen LogP contribution in [0.3, 0.4) is 0 Å². The standard InChI is InChI=1S/C17H14ClNOS2/c1-21-12-8-6-11(7-9-12)10-19-17(20)16-15(18)13-4-2-3-5-14(13)22-16/h2-9H,10H2,1H3,(H,19,20). The molecule has 2 aromatic carbocycles. The van der Waals surface area contributed by atoms with Crippen molar-refractivity contribution in [3.8, 4) is 0 Å². The van der Waals surface area contributed by atoms with Gasteiger partial charge in [0.25, 0.3) is 5.91 Å². The first kappa shape index (κ1) is 15.4. The predicted molar refractivity (Wildman–Crippen MR) is 96.2 cm³/mol. The topological polar surface area (TPSA) is 29.1 Å². The van der Waals surface area contributed by atoms with Crippen molar-refractivity contribution in [2.45, 2.75) is 11.4 Å². The molecule has 1 heterocycles. The van der Waals surface area contributed by atoms with E-state index < -0.39 is 0 Å². The second kappa shape index (κ2) is 6.73. The van der Waals surface area contributed by atoms with Gasteiger partial charge in [-0.2, -0.15) is 0 Å². The Bertz CT molecular complexity index is 811. The van der Waals surface area contributed by atoms with Crippen molar-refractivity contribution < 1.29 is 4.79 Å². The van der Waals surface area contributed by atoms with Crippen molar-refractivity contribution in [1.29, 1.82) is 0 Å². The second-order valence-corrected chi connectivity index (χ2v) is 7.08. The third kappa shape index (κ3) is 3.14. The number of rotatable bonds is 4. The Labute approximate surface area is 142 Å². The zero-order chi connectivity index (χ0) is 15.5. The molecule has 5 heteroatoms. The molecule has 0 fully saturated rings. The lowest BCUT2D eigenvalue weighted by Crippen LogP contribution is -2.22. The Morgan fingerprint density at radius 1 is 1.18 bits per heavy atom. The highest BCUT2D eigenvalue weighted by Gasteiger charge is 2.16. The molecule has 1 aromatic heterocycles. The second-order valence-electron chi connectivity index (χ2n) is 4.77. The van der Waals surface area contributed by atoms with Gasteiger partial charge in [0.2, 0.25) is 0 Å². The van der Waals surface area contributed by atoms with Crippen LogP contribution in [-0.4, -0.2) is 12.2 Å². The van der Waals surface area contributed by atoms with Crippen LogP contribution in [-0.2, 0) is 6.54 Å². The molecule has 0 saturated heterocycles. The third-order valence-electron chi connectivity index (χ3n) is 3.35. The largest absolute Gasteiger partial charge is 0.347 e. The molecule has 22 heavy (non-hydrogen) atoms. The number of thioether (sulfide) groups is 1. The summed E-state index contributed by atoms with van der Waals surface area (Å²) in [6.07, 6.45) is 2.04. The minimum absolute atomic E-state index is 0.125. The van der Waals surface area contributed by atoms with Gasteiger partial charge >= 0.3 is 0 Å². The highest BCUT2D eigenvalue weighted by molar-refractivity contribution is 7.98. The summed E-state index contributed by atoms with van der Waals surface area (Å²) < 4.78 is 1.03. The molecule has 0 radical (unpaired) electrons. The molecule has 0 spiro atoms. The van der Waals surface area contributed by atoms with Gasteiger partial charge in [-0.25, -0.2) is 0 Å². The van der Waals surface area contributed by atoms with Crippen LogP contribution in [0.1, 0.15) is 15.2 Å². The van der Waals surface area contributed by atoms with Gasteiger partial charge in [-0.3, -0.25) is 4.79 Å². The molecule has 3 aromatic rings. The molecule has 1 amide bonds. The fourth-order valence-electron chi connectivity index (χ4n) is 2.17. The van der Waals surface area contributed by atoms with Crippen molar-refractivity contribution in [3.05, 3.63) is 64.0 Å². The van der Waals surface area contributed by atoms with Crippen LogP contribution in [0.15, 0.2) is 53.4 Å². The van der Waals surface area contributed by atoms with Crippen LogP contribution in [0.5, 0.6) is 0 Å². The van der Waals surface area contributed by atoms with E-state index in [-0.39, 0.29) is 5.91 Å². The molecule has 3 rings (SSSR count). The van der Waals surface area contributed by atoms with E-state index in [1.54, 1.807) is 11.8 Å². The summed E-state index contributed by atoms with van der Waals surface area (Å²) in [6.45, 7) is 0.498. The van der Waals surface area contributed by atoms with Crippen molar-refractivity contribution in [2.75, 3.05) is 6.26 Å². The van der Waals surface area contributed by atoms with E-state index in [2.05, 4.69) is 17.4 Å². The number of hydrogen-bond donors (Lipinski definition) is 1. The van der Waals surface area contributed by atoms with Crippen molar-refractivity contribution >= 4 is 50.7 Å². The van der Waals surface area contributed by atoms with Crippen molar-refractivity contribution in [2.24, 2.45) is 0 Å². The van der Waals surface area contributed by atoms with E-state index in [0.717, 1.165) is 15.6 Å². The lowest BCUT2D eigenvalue weighted by Gasteiger charge is -2.05. The molecule has 0 aliphatic heterocycles. The molecule has 0 aliphatic rings. The maximum Gasteiger partial charge on any atom is 0.263 e. The van der Waals surface area contributed by atoms with Gasteiger partial charge < -0.3 is 5.32 Å². The molecule has 0 saturated carbocycles. The minimum Gasteiger partial charge on any atom is -0.347 e. The molecule has 1 N–H and O–H groups in total. The lowest BCUT2D eigenvalue weighted by molar-refractivity contribution is 0.0955. The first-order valence-electron chi connectivity index (χ1n) is 6.77. The van der Waals surface area contributed by atoms with Crippen LogP contribution in [0.25, 0.3) is 10.1 Å². The van der Waals surface area contributed by atoms with Gasteiger partial charge in [-0.15, -0.1) is 23.1 Å². The fourth-order valence-corrected chi connectivity index (χ4v) is 4.01. The van der Waals surface area contributed by atoms with E-state index in [9.17, 15) is 4.79 Å². The van der Waals surface area contributed by atoms with Crippen molar-refractivity contribution in [3.63, 3.8) is 0 Å². The predicted octanol–water partition coefficient (Wildman–Crippen LogP) is 5.21. The van der Waals surface area contributed by atoms with Gasteiger partial charge in [0.05, 0.1) is 5.02 Å². The Kier molecular flexibility index (Phi) is 4.71. The Hall–Kier alpha value is -1.49. The van der Waals surface area contributed by atoms with Gasteiger partial charge in [0.15, 0.2) is 0 Å². The SMILES string of the molecule is CSc1ccc(CNC(=O)c2sc3ccccc3c2Cl)cc1. The van der Waals surface area contributed by atoms with E-state index in [1.165, 1.54) is 16.2 Å². The summed E-state index contributed by atoms with van der Waals surface area (Å²) in [4.78, 5) is 14.1. The molecule has 0 unspecified atom stereocenters. The molecular weight excluding hydrogens is 334 g/mol. The van der Waals surface area contributed by atoms with E-state index in [0.29, 0.717) is 16.4 Å². The van der Waals surface area contributed by atoms with Gasteiger partial charge in [0.1, 0.15) is 4.88 Å². The number of amides is 1. The number of fused-ring (bicyclic) bond motifs is 1. The van der Waals surface area contributed by atoms with E-state index >= 15 is 0 Å². The number of nitrogens with one attached hydrogen (secondary N) is 1. The molecule has 2 nitrogen and oxygen atoms in total. The number of hydrogen-bond acceptors (Lipinski definition) is 3. The smallest absolute Gasteiger partial charge is 0.263 e. The average molecular weight is 348 g/mol. The number of halogens is 1. The number of carbonyl (C=O) groups is 1. The summed E-state index contributed by atoms with van der Waals surface area (Å²) in [7, 11) is 0. The number of carbonyl (C=O) groups excluding carboxylic acids is 1. The van der Waals surface area contributed by atoms with Gasteiger partial charge in [-0.05, 0) is 30.0 Å².